The van der Waals surface area contributed by atoms with Crippen molar-refractivity contribution in [3.05, 3.63) is 36.3 Å². The summed E-state index contributed by atoms with van der Waals surface area (Å²) in [5, 5.41) is 2.90. The molecule has 1 fully saturated rings. The largest absolute Gasteiger partial charge is 0.354 e. The van der Waals surface area contributed by atoms with Gasteiger partial charge in [-0.1, -0.05) is 0 Å². The van der Waals surface area contributed by atoms with Gasteiger partial charge in [-0.15, -0.1) is 0 Å². The molecule has 128 valence electrons. The van der Waals surface area contributed by atoms with Gasteiger partial charge in [-0.25, -0.2) is 15.0 Å². The number of nitrogens with one attached hydrogen (secondary N) is 1. The number of nitrogens with zero attached hydrogens (tertiary/aromatic N) is 6. The summed E-state index contributed by atoms with van der Waals surface area (Å²) in [5.74, 6) is 1.57. The normalized spacial score (nSPS) is 15.5. The van der Waals surface area contributed by atoms with Gasteiger partial charge in [0.05, 0.1) is 0 Å². The number of aryl methyl sites for hydroxylation is 1. The molecule has 0 bridgehead atoms. The fourth-order valence-corrected chi connectivity index (χ4v) is 2.70. The number of rotatable bonds is 5. The molecule has 1 amide bonds. The summed E-state index contributed by atoms with van der Waals surface area (Å²) in [6.45, 7) is 6.97. The second kappa shape index (κ2) is 7.39. The van der Waals surface area contributed by atoms with Crippen molar-refractivity contribution in [2.24, 2.45) is 0 Å². The molecule has 1 saturated heterocycles. The summed E-state index contributed by atoms with van der Waals surface area (Å²) in [7, 11) is 2.11. The highest BCUT2D eigenvalue weighted by molar-refractivity contribution is 5.92. The standard InChI is InChI=1S/C16H23N7O/c1-13-17-3-5-22(13)6-4-18-16(24)14-11-15(20-12-19-14)23-9-7-21(2)8-10-23/h3,5,11-12H,4,6-10H2,1-2H3,(H,18,24). The molecule has 2 aromatic heterocycles. The van der Waals surface area contributed by atoms with Crippen molar-refractivity contribution in [2.75, 3.05) is 44.7 Å². The Hall–Kier alpha value is -2.48. The Balaban J connectivity index is 1.57. The fourth-order valence-electron chi connectivity index (χ4n) is 2.70. The van der Waals surface area contributed by atoms with Gasteiger partial charge in [0.2, 0.25) is 0 Å². The zero-order chi connectivity index (χ0) is 16.9. The van der Waals surface area contributed by atoms with Crippen molar-refractivity contribution in [1.82, 2.24) is 29.7 Å². The van der Waals surface area contributed by atoms with Crippen molar-refractivity contribution < 1.29 is 4.79 Å². The number of hydrogen-bond donors (Lipinski definition) is 1. The van der Waals surface area contributed by atoms with Gasteiger partial charge >= 0.3 is 0 Å². The van der Waals surface area contributed by atoms with Crippen LogP contribution in [0.25, 0.3) is 0 Å². The van der Waals surface area contributed by atoms with Crippen LogP contribution in [0.3, 0.4) is 0 Å². The number of aromatic nitrogens is 4. The molecule has 0 aromatic carbocycles. The van der Waals surface area contributed by atoms with Crippen LogP contribution in [-0.2, 0) is 6.54 Å². The molecule has 2 aromatic rings. The second-order valence-electron chi connectivity index (χ2n) is 5.98. The topological polar surface area (TPSA) is 79.2 Å². The van der Waals surface area contributed by atoms with Crippen LogP contribution in [0.15, 0.2) is 24.8 Å². The average molecular weight is 329 g/mol. The second-order valence-corrected chi connectivity index (χ2v) is 5.98. The van der Waals surface area contributed by atoms with E-state index in [0.717, 1.165) is 37.8 Å². The number of likely N-dealkylation sites (N-methyl/N-ethyl adjacent to an activating group) is 1. The van der Waals surface area contributed by atoms with Crippen LogP contribution in [0, 0.1) is 6.92 Å². The molecule has 0 unspecified atom stereocenters. The number of imidazole rings is 1. The van der Waals surface area contributed by atoms with Gasteiger partial charge in [-0.3, -0.25) is 4.79 Å². The molecule has 0 aliphatic carbocycles. The van der Waals surface area contributed by atoms with Crippen molar-refractivity contribution in [1.29, 1.82) is 0 Å². The Labute approximate surface area is 141 Å². The lowest BCUT2D eigenvalue weighted by atomic mass is 10.3. The minimum atomic E-state index is -0.175. The molecule has 0 atom stereocenters. The lowest BCUT2D eigenvalue weighted by molar-refractivity contribution is 0.0947. The Kier molecular flexibility index (Phi) is 5.05. The van der Waals surface area contributed by atoms with E-state index in [0.29, 0.717) is 18.8 Å². The predicted molar refractivity (Wildman–Crippen MR) is 91.0 cm³/mol. The molecular formula is C16H23N7O. The van der Waals surface area contributed by atoms with Gasteiger partial charge < -0.3 is 19.7 Å². The molecule has 0 spiro atoms. The monoisotopic (exact) mass is 329 g/mol. The molecule has 8 nitrogen and oxygen atoms in total. The third-order valence-corrected chi connectivity index (χ3v) is 4.27. The Morgan fingerprint density at radius 2 is 2.00 bits per heavy atom. The van der Waals surface area contributed by atoms with Gasteiger partial charge in [0.15, 0.2) is 0 Å². The van der Waals surface area contributed by atoms with Gasteiger partial charge in [-0.2, -0.15) is 0 Å². The first kappa shape index (κ1) is 16.4. The summed E-state index contributed by atoms with van der Waals surface area (Å²) in [6.07, 6.45) is 5.12. The highest BCUT2D eigenvalue weighted by Gasteiger charge is 2.17. The minimum Gasteiger partial charge on any atom is -0.354 e. The number of carbonyl (C=O) groups excluding carboxylic acids is 1. The first-order valence-electron chi connectivity index (χ1n) is 8.15. The maximum Gasteiger partial charge on any atom is 0.270 e. The van der Waals surface area contributed by atoms with E-state index in [1.807, 2.05) is 17.7 Å². The maximum absolute atomic E-state index is 12.3. The van der Waals surface area contributed by atoms with E-state index < -0.39 is 0 Å². The maximum atomic E-state index is 12.3. The molecule has 3 rings (SSSR count). The van der Waals surface area contributed by atoms with E-state index in [2.05, 4.69) is 37.1 Å². The third-order valence-electron chi connectivity index (χ3n) is 4.27. The zero-order valence-corrected chi connectivity index (χ0v) is 14.1. The van der Waals surface area contributed by atoms with Crippen LogP contribution in [0.4, 0.5) is 5.82 Å². The van der Waals surface area contributed by atoms with Crippen LogP contribution in [0.2, 0.25) is 0 Å². The molecule has 3 heterocycles. The van der Waals surface area contributed by atoms with Crippen molar-refractivity contribution in [3.8, 4) is 0 Å². The SMILES string of the molecule is Cc1nccn1CCNC(=O)c1cc(N2CCN(C)CC2)ncn1. The lowest BCUT2D eigenvalue weighted by Crippen LogP contribution is -2.45. The minimum absolute atomic E-state index is 0.175. The Morgan fingerprint density at radius 1 is 1.21 bits per heavy atom. The van der Waals surface area contributed by atoms with Crippen LogP contribution >= 0.6 is 0 Å². The van der Waals surface area contributed by atoms with Gasteiger partial charge in [0, 0.05) is 57.7 Å². The predicted octanol–water partition coefficient (Wildman–Crippen LogP) is 0.163. The number of amides is 1. The first-order valence-corrected chi connectivity index (χ1v) is 8.15. The highest BCUT2D eigenvalue weighted by Crippen LogP contribution is 2.13. The summed E-state index contributed by atoms with van der Waals surface area (Å²) in [5.41, 5.74) is 0.404. The summed E-state index contributed by atoms with van der Waals surface area (Å²) in [6, 6.07) is 1.77. The van der Waals surface area contributed by atoms with Crippen molar-refractivity contribution >= 4 is 11.7 Å². The summed E-state index contributed by atoms with van der Waals surface area (Å²) in [4.78, 5) is 29.3. The number of anilines is 1. The summed E-state index contributed by atoms with van der Waals surface area (Å²) >= 11 is 0. The Morgan fingerprint density at radius 3 is 2.71 bits per heavy atom. The van der Waals surface area contributed by atoms with Gasteiger partial charge in [-0.05, 0) is 14.0 Å². The first-order chi connectivity index (χ1) is 11.6. The van der Waals surface area contributed by atoms with Crippen LogP contribution < -0.4 is 10.2 Å². The zero-order valence-electron chi connectivity index (χ0n) is 14.1. The van der Waals surface area contributed by atoms with Crippen molar-refractivity contribution in [3.63, 3.8) is 0 Å². The molecule has 0 saturated carbocycles. The van der Waals surface area contributed by atoms with E-state index in [9.17, 15) is 4.79 Å². The molecule has 1 aliphatic rings. The molecule has 8 heteroatoms. The highest BCUT2D eigenvalue weighted by atomic mass is 16.1. The molecule has 0 radical (unpaired) electrons. The van der Waals surface area contributed by atoms with Crippen LogP contribution in [0.1, 0.15) is 16.3 Å². The lowest BCUT2D eigenvalue weighted by Gasteiger charge is -2.33. The van der Waals surface area contributed by atoms with E-state index >= 15 is 0 Å². The fraction of sp³-hybridized carbons (Fsp3) is 0.500. The van der Waals surface area contributed by atoms with Crippen LogP contribution in [-0.4, -0.2) is 70.1 Å². The Bertz CT molecular complexity index is 691. The smallest absolute Gasteiger partial charge is 0.270 e. The van der Waals surface area contributed by atoms with Crippen molar-refractivity contribution in [2.45, 2.75) is 13.5 Å². The molecule has 1 aliphatic heterocycles. The number of hydrogen-bond acceptors (Lipinski definition) is 6. The van der Waals surface area contributed by atoms with E-state index in [4.69, 9.17) is 0 Å². The third kappa shape index (κ3) is 3.88. The number of carbonyl (C=O) groups is 1. The molecular weight excluding hydrogens is 306 g/mol. The summed E-state index contributed by atoms with van der Waals surface area (Å²) < 4.78 is 2.00. The van der Waals surface area contributed by atoms with E-state index in [1.165, 1.54) is 6.33 Å². The van der Waals surface area contributed by atoms with E-state index in [-0.39, 0.29) is 5.91 Å². The average Bonchev–Trinajstić information content (AvgIpc) is 3.01. The van der Waals surface area contributed by atoms with E-state index in [1.54, 1.807) is 12.3 Å². The number of piperazine rings is 1. The molecule has 24 heavy (non-hydrogen) atoms. The quantitative estimate of drug-likeness (QED) is 0.842. The molecule has 1 N–H and O–H groups in total. The van der Waals surface area contributed by atoms with Gasteiger partial charge in [0.1, 0.15) is 23.7 Å². The van der Waals surface area contributed by atoms with Gasteiger partial charge in [0.25, 0.3) is 5.91 Å². The van der Waals surface area contributed by atoms with Crippen LogP contribution in [0.5, 0.6) is 0 Å².